The summed E-state index contributed by atoms with van der Waals surface area (Å²) in [4.78, 5) is 0. The van der Waals surface area contributed by atoms with Crippen molar-refractivity contribution in [2.75, 3.05) is 19.6 Å². The summed E-state index contributed by atoms with van der Waals surface area (Å²) in [5.41, 5.74) is 0. The molecule has 1 aliphatic heterocycles. The molecule has 1 saturated heterocycles. The van der Waals surface area contributed by atoms with Crippen LogP contribution in [0.1, 0.15) is 46.0 Å². The molecule has 0 bridgehead atoms. The number of nitrogens with one attached hydrogen (secondary N) is 2. The van der Waals surface area contributed by atoms with Gasteiger partial charge in [0.05, 0.1) is 0 Å². The quantitative estimate of drug-likeness (QED) is 0.769. The van der Waals surface area contributed by atoms with E-state index in [9.17, 15) is 0 Å². The van der Waals surface area contributed by atoms with Gasteiger partial charge >= 0.3 is 0 Å². The Morgan fingerprint density at radius 1 is 1.19 bits per heavy atom. The lowest BCUT2D eigenvalue weighted by molar-refractivity contribution is 0.236. The van der Waals surface area contributed by atoms with Crippen molar-refractivity contribution >= 4 is 0 Å². The Morgan fingerprint density at radius 3 is 2.81 bits per heavy atom. The van der Waals surface area contributed by atoms with Gasteiger partial charge in [-0.15, -0.1) is 0 Å². The molecule has 2 fully saturated rings. The topological polar surface area (TPSA) is 24.1 Å². The van der Waals surface area contributed by atoms with Crippen molar-refractivity contribution in [3.05, 3.63) is 0 Å². The Labute approximate surface area is 101 Å². The van der Waals surface area contributed by atoms with E-state index in [-0.39, 0.29) is 0 Å². The van der Waals surface area contributed by atoms with Crippen LogP contribution in [0.15, 0.2) is 0 Å². The van der Waals surface area contributed by atoms with Crippen molar-refractivity contribution in [3.63, 3.8) is 0 Å². The summed E-state index contributed by atoms with van der Waals surface area (Å²) in [6.45, 7) is 8.44. The first-order valence-corrected chi connectivity index (χ1v) is 7.20. The molecule has 2 aliphatic rings. The van der Waals surface area contributed by atoms with Gasteiger partial charge in [0, 0.05) is 6.04 Å². The fourth-order valence-electron chi connectivity index (χ4n) is 3.38. The molecule has 94 valence electrons. The number of piperidine rings is 1. The molecular weight excluding hydrogens is 196 g/mol. The Kier molecular flexibility index (Phi) is 4.66. The maximum Gasteiger partial charge on any atom is 0.0117 e. The van der Waals surface area contributed by atoms with Gasteiger partial charge in [-0.25, -0.2) is 0 Å². The number of hydrogen-bond acceptors (Lipinski definition) is 2. The zero-order valence-corrected chi connectivity index (χ0v) is 11.0. The molecule has 0 aromatic carbocycles. The highest BCUT2D eigenvalue weighted by Crippen LogP contribution is 2.28. The first-order valence-electron chi connectivity index (χ1n) is 7.20. The predicted octanol–water partition coefficient (Wildman–Crippen LogP) is 2.40. The van der Waals surface area contributed by atoms with E-state index in [0.717, 1.165) is 23.8 Å². The van der Waals surface area contributed by atoms with Crippen molar-refractivity contribution in [1.82, 2.24) is 10.6 Å². The molecule has 2 nitrogen and oxygen atoms in total. The second kappa shape index (κ2) is 6.02. The second-order valence-corrected chi connectivity index (χ2v) is 6.12. The predicted molar refractivity (Wildman–Crippen MR) is 69.6 cm³/mol. The highest BCUT2D eigenvalue weighted by Gasteiger charge is 2.23. The smallest absolute Gasteiger partial charge is 0.0117 e. The third-order valence-corrected chi connectivity index (χ3v) is 4.50. The minimum atomic E-state index is 0.762. The van der Waals surface area contributed by atoms with E-state index >= 15 is 0 Å². The zero-order valence-electron chi connectivity index (χ0n) is 11.0. The molecule has 0 spiro atoms. The van der Waals surface area contributed by atoms with E-state index in [4.69, 9.17) is 0 Å². The summed E-state index contributed by atoms with van der Waals surface area (Å²) in [6.07, 6.45) is 7.13. The van der Waals surface area contributed by atoms with Gasteiger partial charge in [-0.2, -0.15) is 0 Å². The summed E-state index contributed by atoms with van der Waals surface area (Å²) in [5.74, 6) is 2.71. The third-order valence-electron chi connectivity index (χ3n) is 4.50. The average molecular weight is 224 g/mol. The Hall–Kier alpha value is -0.0800. The van der Waals surface area contributed by atoms with Gasteiger partial charge in [-0.1, -0.05) is 26.7 Å². The first kappa shape index (κ1) is 12.4. The summed E-state index contributed by atoms with van der Waals surface area (Å²) >= 11 is 0. The fourth-order valence-corrected chi connectivity index (χ4v) is 3.38. The lowest BCUT2D eigenvalue weighted by Crippen LogP contribution is -2.47. The highest BCUT2D eigenvalue weighted by atomic mass is 15.0. The van der Waals surface area contributed by atoms with Crippen molar-refractivity contribution in [3.8, 4) is 0 Å². The maximum atomic E-state index is 3.82. The zero-order chi connectivity index (χ0) is 11.4. The Balaban J connectivity index is 1.69. The molecule has 2 heteroatoms. The molecule has 1 aliphatic carbocycles. The van der Waals surface area contributed by atoms with Crippen LogP contribution < -0.4 is 10.6 Å². The summed E-state index contributed by atoms with van der Waals surface area (Å²) in [5, 5.41) is 7.29. The maximum absolute atomic E-state index is 3.82. The van der Waals surface area contributed by atoms with Gasteiger partial charge in [0.15, 0.2) is 0 Å². The lowest BCUT2D eigenvalue weighted by atomic mass is 9.82. The molecule has 2 N–H and O–H groups in total. The van der Waals surface area contributed by atoms with Crippen molar-refractivity contribution in [2.24, 2.45) is 17.8 Å². The lowest BCUT2D eigenvalue weighted by Gasteiger charge is -2.33. The van der Waals surface area contributed by atoms with Crippen LogP contribution in [0.5, 0.6) is 0 Å². The van der Waals surface area contributed by atoms with Crippen LogP contribution in [0.25, 0.3) is 0 Å². The van der Waals surface area contributed by atoms with Crippen LogP contribution in [0.3, 0.4) is 0 Å². The van der Waals surface area contributed by atoms with Crippen LogP contribution in [-0.4, -0.2) is 25.7 Å². The molecule has 1 saturated carbocycles. The Morgan fingerprint density at radius 2 is 2.06 bits per heavy atom. The van der Waals surface area contributed by atoms with Crippen molar-refractivity contribution in [2.45, 2.75) is 52.0 Å². The summed E-state index contributed by atoms with van der Waals surface area (Å²) in [6, 6.07) is 0.762. The molecule has 0 amide bonds. The molecular formula is C14H28N2. The largest absolute Gasteiger partial charge is 0.316 e. The summed E-state index contributed by atoms with van der Waals surface area (Å²) < 4.78 is 0. The molecule has 1 heterocycles. The normalized spacial score (nSPS) is 40.9. The van der Waals surface area contributed by atoms with E-state index in [2.05, 4.69) is 24.5 Å². The average Bonchev–Trinajstić information content (AvgIpc) is 2.28. The van der Waals surface area contributed by atoms with Crippen LogP contribution in [-0.2, 0) is 0 Å². The van der Waals surface area contributed by atoms with E-state index in [0.29, 0.717) is 0 Å². The molecule has 4 unspecified atom stereocenters. The number of rotatable bonds is 3. The molecule has 4 atom stereocenters. The van der Waals surface area contributed by atoms with Crippen LogP contribution in [0.4, 0.5) is 0 Å². The highest BCUT2D eigenvalue weighted by molar-refractivity contribution is 4.82. The second-order valence-electron chi connectivity index (χ2n) is 6.12. The van der Waals surface area contributed by atoms with Crippen molar-refractivity contribution in [1.29, 1.82) is 0 Å². The molecule has 16 heavy (non-hydrogen) atoms. The van der Waals surface area contributed by atoms with Gasteiger partial charge in [0.2, 0.25) is 0 Å². The number of hydrogen-bond donors (Lipinski definition) is 2. The van der Waals surface area contributed by atoms with Crippen LogP contribution in [0.2, 0.25) is 0 Å². The van der Waals surface area contributed by atoms with Crippen molar-refractivity contribution < 1.29 is 0 Å². The molecule has 0 aromatic rings. The minimum Gasteiger partial charge on any atom is -0.316 e. The van der Waals surface area contributed by atoms with Gasteiger partial charge in [0.1, 0.15) is 0 Å². The van der Waals surface area contributed by atoms with Gasteiger partial charge in [-0.05, 0) is 56.7 Å². The molecule has 0 aromatic heterocycles. The van der Waals surface area contributed by atoms with Gasteiger partial charge in [0.25, 0.3) is 0 Å². The van der Waals surface area contributed by atoms with Gasteiger partial charge in [-0.3, -0.25) is 0 Å². The van der Waals surface area contributed by atoms with Crippen LogP contribution in [0, 0.1) is 17.8 Å². The Bertz CT molecular complexity index is 205. The summed E-state index contributed by atoms with van der Waals surface area (Å²) in [7, 11) is 0. The molecule has 2 rings (SSSR count). The third kappa shape index (κ3) is 3.46. The molecule has 0 radical (unpaired) electrons. The van der Waals surface area contributed by atoms with E-state index < -0.39 is 0 Å². The SMILES string of the molecule is CC1CCCC(CNC2CCNCC2C)C1. The van der Waals surface area contributed by atoms with E-state index in [1.54, 1.807) is 0 Å². The minimum absolute atomic E-state index is 0.762. The van der Waals surface area contributed by atoms with Gasteiger partial charge < -0.3 is 10.6 Å². The van der Waals surface area contributed by atoms with E-state index in [1.165, 1.54) is 51.7 Å². The fraction of sp³-hybridized carbons (Fsp3) is 1.00. The monoisotopic (exact) mass is 224 g/mol. The van der Waals surface area contributed by atoms with E-state index in [1.807, 2.05) is 0 Å². The van der Waals surface area contributed by atoms with Crippen LogP contribution >= 0.6 is 0 Å². The first-order chi connectivity index (χ1) is 7.75. The standard InChI is InChI=1S/C14H28N2/c1-11-4-3-5-13(8-11)10-16-14-6-7-15-9-12(14)2/h11-16H,3-10H2,1-2H3.